The summed E-state index contributed by atoms with van der Waals surface area (Å²) in [5, 5.41) is 10.9. The number of rotatable bonds is 10. The van der Waals surface area contributed by atoms with Crippen molar-refractivity contribution < 1.29 is 23.6 Å². The van der Waals surface area contributed by atoms with Crippen molar-refractivity contribution in [1.82, 2.24) is 30.2 Å². The second-order valence-electron chi connectivity index (χ2n) is 10.5. The number of nitrogens with zero attached hydrogens (tertiary/aromatic N) is 4. The van der Waals surface area contributed by atoms with Crippen molar-refractivity contribution >= 4 is 46.0 Å². The van der Waals surface area contributed by atoms with Gasteiger partial charge in [-0.3, -0.25) is 23.9 Å². The molecule has 0 bridgehead atoms. The molecule has 0 unspecified atom stereocenters. The van der Waals surface area contributed by atoms with E-state index in [-0.39, 0.29) is 66.0 Å². The van der Waals surface area contributed by atoms with E-state index < -0.39 is 11.7 Å². The monoisotopic (exact) mass is 582 g/mol. The molecular weight excluding hydrogens is 551 g/mol. The van der Waals surface area contributed by atoms with Crippen molar-refractivity contribution in [3.8, 4) is 0 Å². The highest BCUT2D eigenvalue weighted by Crippen LogP contribution is 2.28. The molecule has 3 amide bonds. The largest absolute Gasteiger partial charge is 0.350 e. The summed E-state index contributed by atoms with van der Waals surface area (Å²) in [5.41, 5.74) is 1.84. The van der Waals surface area contributed by atoms with Gasteiger partial charge < -0.3 is 20.4 Å². The van der Waals surface area contributed by atoms with Crippen LogP contribution in [0.5, 0.6) is 0 Å². The van der Waals surface area contributed by atoms with Gasteiger partial charge >= 0.3 is 0 Å². The minimum atomic E-state index is -0.590. The Morgan fingerprint density at radius 2 is 1.90 bits per heavy atom. The number of hydrogen-bond donors (Lipinski definition) is 2. The number of Topliss-reactive ketones (excluding diaryl/α,β-unsaturated/α-hetero) is 1. The summed E-state index contributed by atoms with van der Waals surface area (Å²) >= 11 is 5.82. The van der Waals surface area contributed by atoms with E-state index in [1.165, 1.54) is 28.6 Å². The first kappa shape index (κ1) is 28.7. The van der Waals surface area contributed by atoms with Gasteiger partial charge in [0.05, 0.1) is 23.5 Å². The SMILES string of the molecule is CC(=O)c1nn(CC(=O)N(CC(=O)NCc2cccc(Cl)c2F)C2CC2)c2ccc(CC(=O)N3CCNCC3)cc12. The van der Waals surface area contributed by atoms with Crippen molar-refractivity contribution in [2.75, 3.05) is 32.7 Å². The summed E-state index contributed by atoms with van der Waals surface area (Å²) in [5.74, 6) is -1.55. The van der Waals surface area contributed by atoms with Crippen molar-refractivity contribution in [3.63, 3.8) is 0 Å². The number of hydrogen-bond acceptors (Lipinski definition) is 6. The molecule has 3 aromatic rings. The van der Waals surface area contributed by atoms with E-state index in [4.69, 9.17) is 11.6 Å². The van der Waals surface area contributed by atoms with E-state index in [2.05, 4.69) is 15.7 Å². The number of amides is 3. The lowest BCUT2D eigenvalue weighted by molar-refractivity contribution is -0.137. The molecule has 0 spiro atoms. The number of piperazine rings is 1. The summed E-state index contributed by atoms with van der Waals surface area (Å²) in [7, 11) is 0. The molecule has 2 N–H and O–H groups in total. The van der Waals surface area contributed by atoms with Crippen LogP contribution in [-0.4, -0.2) is 81.9 Å². The van der Waals surface area contributed by atoms with Gasteiger partial charge in [-0.25, -0.2) is 4.39 Å². The summed E-state index contributed by atoms with van der Waals surface area (Å²) in [4.78, 5) is 54.6. The average Bonchev–Trinajstić information content (AvgIpc) is 3.74. The van der Waals surface area contributed by atoms with Gasteiger partial charge in [-0.1, -0.05) is 29.8 Å². The third kappa shape index (κ3) is 6.74. The molecule has 2 aliphatic rings. The van der Waals surface area contributed by atoms with Gasteiger partial charge in [0.1, 0.15) is 18.1 Å². The summed E-state index contributed by atoms with van der Waals surface area (Å²) in [6, 6.07) is 9.89. The van der Waals surface area contributed by atoms with Crippen LogP contribution >= 0.6 is 11.6 Å². The molecule has 10 nitrogen and oxygen atoms in total. The smallest absolute Gasteiger partial charge is 0.245 e. The minimum Gasteiger partial charge on any atom is -0.350 e. The van der Waals surface area contributed by atoms with Crippen LogP contribution in [0.4, 0.5) is 4.39 Å². The number of benzene rings is 2. The number of carbonyl (C=O) groups excluding carboxylic acids is 4. The van der Waals surface area contributed by atoms with E-state index in [1.807, 2.05) is 11.0 Å². The number of aromatic nitrogens is 2. The quantitative estimate of drug-likeness (QED) is 0.354. The van der Waals surface area contributed by atoms with Crippen molar-refractivity contribution in [2.24, 2.45) is 0 Å². The number of ketones is 1. The Morgan fingerprint density at radius 3 is 2.61 bits per heavy atom. The first-order valence-corrected chi connectivity index (χ1v) is 14.1. The molecule has 1 saturated carbocycles. The molecule has 1 aliphatic heterocycles. The molecule has 1 aliphatic carbocycles. The number of fused-ring (bicyclic) bond motifs is 1. The van der Waals surface area contributed by atoms with Crippen LogP contribution < -0.4 is 10.6 Å². The maximum Gasteiger partial charge on any atom is 0.245 e. The Hall–Kier alpha value is -3.83. The fraction of sp³-hybridized carbons (Fsp3) is 0.414. The highest BCUT2D eigenvalue weighted by atomic mass is 35.5. The van der Waals surface area contributed by atoms with E-state index >= 15 is 0 Å². The standard InChI is InChI=1S/C29H32ClFN6O4/c1-18(38)29-22-13-19(14-26(40)35-11-9-32-10-12-35)5-8-24(22)37(34-29)17-27(41)36(21-6-7-21)16-25(39)33-15-20-3-2-4-23(30)28(20)31/h2-5,8,13,21,32H,6-7,9-12,14-17H2,1H3,(H,33,39). The highest BCUT2D eigenvalue weighted by molar-refractivity contribution is 6.30. The first-order valence-electron chi connectivity index (χ1n) is 13.7. The molecule has 1 aromatic heterocycles. The lowest BCUT2D eigenvalue weighted by Crippen LogP contribution is -2.46. The molecule has 0 radical (unpaired) electrons. The third-order valence-corrected chi connectivity index (χ3v) is 7.68. The Bertz CT molecular complexity index is 1500. The molecule has 0 atom stereocenters. The van der Waals surface area contributed by atoms with Crippen LogP contribution in [0.15, 0.2) is 36.4 Å². The van der Waals surface area contributed by atoms with E-state index in [9.17, 15) is 23.6 Å². The van der Waals surface area contributed by atoms with Crippen molar-refractivity contribution in [2.45, 2.75) is 45.3 Å². The predicted octanol–water partition coefficient (Wildman–Crippen LogP) is 2.31. The maximum absolute atomic E-state index is 14.2. The van der Waals surface area contributed by atoms with Crippen LogP contribution in [0.3, 0.4) is 0 Å². The first-order chi connectivity index (χ1) is 19.7. The topological polar surface area (TPSA) is 117 Å². The Labute approximate surface area is 241 Å². The Balaban J connectivity index is 1.28. The summed E-state index contributed by atoms with van der Waals surface area (Å²) in [6.07, 6.45) is 1.77. The van der Waals surface area contributed by atoms with E-state index in [0.29, 0.717) is 24.0 Å². The van der Waals surface area contributed by atoms with Gasteiger partial charge in [0.15, 0.2) is 5.78 Å². The second-order valence-corrected chi connectivity index (χ2v) is 10.9. The molecule has 2 heterocycles. The van der Waals surface area contributed by atoms with Crippen LogP contribution in [0.2, 0.25) is 5.02 Å². The van der Waals surface area contributed by atoms with E-state index in [1.54, 1.807) is 18.2 Å². The van der Waals surface area contributed by atoms with Crippen LogP contribution in [-0.2, 0) is 33.9 Å². The van der Waals surface area contributed by atoms with E-state index in [0.717, 1.165) is 31.5 Å². The molecule has 2 aromatic carbocycles. The molecule has 41 heavy (non-hydrogen) atoms. The summed E-state index contributed by atoms with van der Waals surface area (Å²) < 4.78 is 15.7. The summed E-state index contributed by atoms with van der Waals surface area (Å²) in [6.45, 7) is 3.87. The lowest BCUT2D eigenvalue weighted by atomic mass is 10.1. The van der Waals surface area contributed by atoms with Gasteiger partial charge in [-0.15, -0.1) is 0 Å². The van der Waals surface area contributed by atoms with Crippen molar-refractivity contribution in [3.05, 3.63) is 64.1 Å². The molecule has 5 rings (SSSR count). The second kappa shape index (κ2) is 12.4. The van der Waals surface area contributed by atoms with Gasteiger partial charge in [0.2, 0.25) is 17.7 Å². The Kier molecular flexibility index (Phi) is 8.65. The molecule has 12 heteroatoms. The molecule has 1 saturated heterocycles. The van der Waals surface area contributed by atoms with Gasteiger partial charge in [-0.05, 0) is 36.6 Å². The Morgan fingerprint density at radius 1 is 1.15 bits per heavy atom. The average molecular weight is 583 g/mol. The van der Waals surface area contributed by atoms with Gasteiger partial charge in [0, 0.05) is 56.6 Å². The molecule has 2 fully saturated rings. The fourth-order valence-corrected chi connectivity index (χ4v) is 5.23. The number of halogens is 2. The predicted molar refractivity (Wildman–Crippen MR) is 151 cm³/mol. The zero-order chi connectivity index (χ0) is 29.1. The van der Waals surface area contributed by atoms with Crippen molar-refractivity contribution in [1.29, 1.82) is 0 Å². The lowest BCUT2D eigenvalue weighted by Gasteiger charge is -2.27. The van der Waals surface area contributed by atoms with Crippen LogP contribution in [0, 0.1) is 5.82 Å². The molecular formula is C29H32ClFN6O4. The minimum absolute atomic E-state index is 0.0225. The van der Waals surface area contributed by atoms with Gasteiger partial charge in [0.25, 0.3) is 0 Å². The zero-order valence-corrected chi connectivity index (χ0v) is 23.5. The van der Waals surface area contributed by atoms with Crippen LogP contribution in [0.1, 0.15) is 41.4 Å². The fourth-order valence-electron chi connectivity index (χ4n) is 5.03. The third-order valence-electron chi connectivity index (χ3n) is 7.39. The maximum atomic E-state index is 14.2. The van der Waals surface area contributed by atoms with Gasteiger partial charge in [-0.2, -0.15) is 5.10 Å². The molecule has 216 valence electrons. The number of nitrogens with one attached hydrogen (secondary N) is 2. The number of carbonyl (C=O) groups is 4. The highest BCUT2D eigenvalue weighted by Gasteiger charge is 2.34. The normalized spacial score (nSPS) is 15.1. The van der Waals surface area contributed by atoms with Crippen LogP contribution in [0.25, 0.3) is 10.9 Å². The zero-order valence-electron chi connectivity index (χ0n) is 22.8.